The van der Waals surface area contributed by atoms with Crippen LogP contribution >= 0.6 is 0 Å². The summed E-state index contributed by atoms with van der Waals surface area (Å²) < 4.78 is 28.4. The van der Waals surface area contributed by atoms with E-state index in [1.807, 2.05) is 12.3 Å². The Morgan fingerprint density at radius 3 is 2.82 bits per heavy atom. The summed E-state index contributed by atoms with van der Waals surface area (Å²) in [5, 5.41) is 10.6. The molecule has 0 aromatic carbocycles. The van der Waals surface area contributed by atoms with E-state index >= 15 is 0 Å². The lowest BCUT2D eigenvalue weighted by molar-refractivity contribution is -0.124. The van der Waals surface area contributed by atoms with E-state index in [4.69, 9.17) is 0 Å². The highest BCUT2D eigenvalue weighted by molar-refractivity contribution is 5.79. The highest BCUT2D eigenvalue weighted by Gasteiger charge is 2.20. The molecule has 0 radical (unpaired) electrons. The maximum atomic E-state index is 12.6. The lowest BCUT2D eigenvalue weighted by atomic mass is 10.3. The van der Waals surface area contributed by atoms with Crippen LogP contribution < -0.4 is 5.32 Å². The lowest BCUT2D eigenvalue weighted by Crippen LogP contribution is -2.33. The van der Waals surface area contributed by atoms with E-state index in [2.05, 4.69) is 15.5 Å². The van der Waals surface area contributed by atoms with Gasteiger partial charge < -0.3 is 5.32 Å². The molecule has 1 amide bonds. The third-order valence-corrected chi connectivity index (χ3v) is 3.33. The molecule has 1 unspecified atom stereocenters. The molecule has 1 N–H and O–H groups in total. The van der Waals surface area contributed by atoms with E-state index in [9.17, 15) is 13.6 Å². The van der Waals surface area contributed by atoms with E-state index in [0.717, 1.165) is 6.42 Å². The van der Waals surface area contributed by atoms with Gasteiger partial charge in [-0.05, 0) is 32.4 Å². The SMILES string of the molecule is Cc1cc(C(F)F)nn1C(C)C(=O)NCCCn1cccn1. The van der Waals surface area contributed by atoms with Gasteiger partial charge in [0.2, 0.25) is 5.91 Å². The van der Waals surface area contributed by atoms with E-state index in [-0.39, 0.29) is 11.6 Å². The second kappa shape index (κ2) is 7.15. The first-order chi connectivity index (χ1) is 10.5. The highest BCUT2D eigenvalue weighted by atomic mass is 19.3. The van der Waals surface area contributed by atoms with Gasteiger partial charge in [0, 0.05) is 31.2 Å². The molecule has 8 heteroatoms. The van der Waals surface area contributed by atoms with Gasteiger partial charge in [-0.1, -0.05) is 0 Å². The predicted octanol–water partition coefficient (Wildman–Crippen LogP) is 2.09. The molecule has 22 heavy (non-hydrogen) atoms. The van der Waals surface area contributed by atoms with Crippen molar-refractivity contribution in [1.29, 1.82) is 0 Å². The summed E-state index contributed by atoms with van der Waals surface area (Å²) in [6.45, 7) is 4.49. The minimum Gasteiger partial charge on any atom is -0.354 e. The van der Waals surface area contributed by atoms with Gasteiger partial charge in [0.25, 0.3) is 6.43 Å². The first kappa shape index (κ1) is 16.1. The van der Waals surface area contributed by atoms with Crippen LogP contribution in [-0.4, -0.2) is 32.0 Å². The number of hydrogen-bond donors (Lipinski definition) is 1. The summed E-state index contributed by atoms with van der Waals surface area (Å²) in [4.78, 5) is 12.1. The number of amides is 1. The number of nitrogens with one attached hydrogen (secondary N) is 1. The first-order valence-corrected chi connectivity index (χ1v) is 7.08. The van der Waals surface area contributed by atoms with Crippen molar-refractivity contribution in [2.24, 2.45) is 0 Å². The summed E-state index contributed by atoms with van der Waals surface area (Å²) in [6, 6.07) is 2.51. The average Bonchev–Trinajstić information content (AvgIpc) is 3.12. The van der Waals surface area contributed by atoms with Crippen molar-refractivity contribution < 1.29 is 13.6 Å². The highest BCUT2D eigenvalue weighted by Crippen LogP contribution is 2.20. The molecule has 0 fully saturated rings. The van der Waals surface area contributed by atoms with Crippen LogP contribution in [0.1, 0.15) is 37.2 Å². The van der Waals surface area contributed by atoms with Crippen molar-refractivity contribution in [3.8, 4) is 0 Å². The van der Waals surface area contributed by atoms with Crippen LogP contribution in [0, 0.1) is 6.92 Å². The number of rotatable bonds is 7. The molecule has 0 aliphatic heterocycles. The zero-order valence-corrected chi connectivity index (χ0v) is 12.5. The second-order valence-electron chi connectivity index (χ2n) is 5.05. The Morgan fingerprint density at radius 1 is 1.45 bits per heavy atom. The molecule has 1 atom stereocenters. The van der Waals surface area contributed by atoms with Gasteiger partial charge in [0.1, 0.15) is 11.7 Å². The molecule has 6 nitrogen and oxygen atoms in total. The molecule has 0 bridgehead atoms. The maximum absolute atomic E-state index is 12.6. The zero-order chi connectivity index (χ0) is 16.1. The summed E-state index contributed by atoms with van der Waals surface area (Å²) in [6.07, 6.45) is 1.65. The second-order valence-corrected chi connectivity index (χ2v) is 5.05. The molecular formula is C14H19F2N5O. The number of nitrogens with zero attached hydrogens (tertiary/aromatic N) is 4. The van der Waals surface area contributed by atoms with Crippen LogP contribution in [0.2, 0.25) is 0 Å². The number of carbonyl (C=O) groups excluding carboxylic acids is 1. The summed E-state index contributed by atoms with van der Waals surface area (Å²) in [5.41, 5.74) is 0.227. The van der Waals surface area contributed by atoms with Gasteiger partial charge in [-0.25, -0.2) is 8.78 Å². The first-order valence-electron chi connectivity index (χ1n) is 7.08. The maximum Gasteiger partial charge on any atom is 0.282 e. The van der Waals surface area contributed by atoms with Crippen LogP contribution in [0.5, 0.6) is 0 Å². The van der Waals surface area contributed by atoms with Crippen molar-refractivity contribution in [3.63, 3.8) is 0 Å². The van der Waals surface area contributed by atoms with E-state index in [1.54, 1.807) is 24.7 Å². The number of halogens is 2. The Bertz CT molecular complexity index is 609. The fraction of sp³-hybridized carbons (Fsp3) is 0.500. The zero-order valence-electron chi connectivity index (χ0n) is 12.5. The van der Waals surface area contributed by atoms with Gasteiger partial charge in [-0.2, -0.15) is 10.2 Å². The minimum absolute atomic E-state index is 0.243. The normalized spacial score (nSPS) is 12.6. The van der Waals surface area contributed by atoms with Crippen molar-refractivity contribution in [2.75, 3.05) is 6.54 Å². The molecule has 0 aliphatic rings. The molecule has 0 saturated carbocycles. The number of aryl methyl sites for hydroxylation is 2. The van der Waals surface area contributed by atoms with E-state index in [1.165, 1.54) is 10.7 Å². The Morgan fingerprint density at radius 2 is 2.23 bits per heavy atom. The van der Waals surface area contributed by atoms with Gasteiger partial charge in [0.15, 0.2) is 0 Å². The van der Waals surface area contributed by atoms with Crippen molar-refractivity contribution in [2.45, 2.75) is 39.3 Å². The average molecular weight is 311 g/mol. The Kier molecular flexibility index (Phi) is 5.24. The van der Waals surface area contributed by atoms with Gasteiger partial charge in [0.05, 0.1) is 0 Å². The largest absolute Gasteiger partial charge is 0.354 e. The Labute approximate surface area is 127 Å². The molecule has 0 spiro atoms. The molecule has 120 valence electrons. The number of alkyl halides is 2. The Balaban J connectivity index is 1.83. The minimum atomic E-state index is -2.63. The van der Waals surface area contributed by atoms with Crippen molar-refractivity contribution >= 4 is 5.91 Å². The molecule has 2 rings (SSSR count). The topological polar surface area (TPSA) is 64.7 Å². The summed E-state index contributed by atoms with van der Waals surface area (Å²) in [7, 11) is 0. The standard InChI is InChI=1S/C14H19F2N5O/c1-10-9-12(13(15)16)19-21(10)11(2)14(22)17-5-3-7-20-8-4-6-18-20/h4,6,8-9,11,13H,3,5,7H2,1-2H3,(H,17,22). The quantitative estimate of drug-likeness (QED) is 0.796. The van der Waals surface area contributed by atoms with Crippen LogP contribution in [0.3, 0.4) is 0 Å². The van der Waals surface area contributed by atoms with Gasteiger partial charge in [-0.15, -0.1) is 0 Å². The van der Waals surface area contributed by atoms with Crippen LogP contribution in [0.15, 0.2) is 24.5 Å². The third kappa shape index (κ3) is 3.90. The fourth-order valence-corrected chi connectivity index (χ4v) is 2.16. The molecule has 0 aliphatic carbocycles. The molecule has 2 aromatic heterocycles. The van der Waals surface area contributed by atoms with Crippen LogP contribution in [-0.2, 0) is 11.3 Å². The molecule has 2 heterocycles. The number of aromatic nitrogens is 4. The molecule has 0 saturated heterocycles. The van der Waals surface area contributed by atoms with Crippen LogP contribution in [0.25, 0.3) is 0 Å². The predicted molar refractivity (Wildman–Crippen MR) is 76.5 cm³/mol. The third-order valence-electron chi connectivity index (χ3n) is 3.33. The van der Waals surface area contributed by atoms with Crippen molar-refractivity contribution in [1.82, 2.24) is 24.9 Å². The Hall–Kier alpha value is -2.25. The van der Waals surface area contributed by atoms with E-state index in [0.29, 0.717) is 18.8 Å². The van der Waals surface area contributed by atoms with Crippen molar-refractivity contribution in [3.05, 3.63) is 35.9 Å². The van der Waals surface area contributed by atoms with E-state index < -0.39 is 12.5 Å². The summed E-state index contributed by atoms with van der Waals surface area (Å²) >= 11 is 0. The van der Waals surface area contributed by atoms with Gasteiger partial charge >= 0.3 is 0 Å². The molecule has 2 aromatic rings. The monoisotopic (exact) mass is 311 g/mol. The lowest BCUT2D eigenvalue weighted by Gasteiger charge is -2.14. The number of hydrogen-bond acceptors (Lipinski definition) is 3. The number of carbonyl (C=O) groups is 1. The smallest absolute Gasteiger partial charge is 0.282 e. The summed E-state index contributed by atoms with van der Waals surface area (Å²) in [5.74, 6) is -0.243. The fourth-order valence-electron chi connectivity index (χ4n) is 2.16. The van der Waals surface area contributed by atoms with Crippen LogP contribution in [0.4, 0.5) is 8.78 Å². The van der Waals surface area contributed by atoms with Gasteiger partial charge in [-0.3, -0.25) is 14.2 Å². The molecular weight excluding hydrogens is 292 g/mol.